The molecule has 0 radical (unpaired) electrons. The summed E-state index contributed by atoms with van der Waals surface area (Å²) in [6, 6.07) is 5.57. The number of fused-ring (bicyclic) bond motifs is 1. The predicted molar refractivity (Wildman–Crippen MR) is 125 cm³/mol. The summed E-state index contributed by atoms with van der Waals surface area (Å²) in [5, 5.41) is 5.12. The van der Waals surface area contributed by atoms with Crippen LogP contribution in [0.2, 0.25) is 0 Å². The van der Waals surface area contributed by atoms with Crippen molar-refractivity contribution in [3.8, 4) is 11.5 Å². The normalized spacial score (nSPS) is 13.1. The van der Waals surface area contributed by atoms with Gasteiger partial charge in [0.2, 0.25) is 5.91 Å². The van der Waals surface area contributed by atoms with Crippen molar-refractivity contribution in [2.45, 2.75) is 13.0 Å². The van der Waals surface area contributed by atoms with E-state index in [2.05, 4.69) is 15.6 Å². The second-order valence-corrected chi connectivity index (χ2v) is 6.82. The first-order valence-corrected chi connectivity index (χ1v) is 9.50. The van der Waals surface area contributed by atoms with Gasteiger partial charge in [0, 0.05) is 20.1 Å². The lowest BCUT2D eigenvalue weighted by atomic mass is 9.99. The largest absolute Gasteiger partial charge is 0.493 e. The molecule has 0 saturated heterocycles. The highest BCUT2D eigenvalue weighted by Crippen LogP contribution is 2.33. The molecule has 2 aromatic carbocycles. The predicted octanol–water partition coefficient (Wildman–Crippen LogP) is 3.31. The minimum atomic E-state index is -1.64. The lowest BCUT2D eigenvalue weighted by Crippen LogP contribution is -2.46. The molecule has 0 atom stereocenters. The Morgan fingerprint density at radius 2 is 1.75 bits per heavy atom. The van der Waals surface area contributed by atoms with Crippen molar-refractivity contribution in [3.05, 3.63) is 52.8 Å². The Bertz CT molecular complexity index is 1020. The number of aliphatic imine (C=N–C) groups is 1. The molecule has 0 unspecified atom stereocenters. The fraction of sp³-hybridized carbons (Fsp3) is 0.333. The summed E-state index contributed by atoms with van der Waals surface area (Å²) in [7, 11) is 4.74. The van der Waals surface area contributed by atoms with E-state index < -0.39 is 29.0 Å². The monoisotopic (exact) mass is 564 g/mol. The number of carbonyl (C=O) groups excluding carboxylic acids is 1. The van der Waals surface area contributed by atoms with Gasteiger partial charge in [-0.05, 0) is 41.8 Å². The number of hydrogen-bond acceptors (Lipinski definition) is 4. The first kappa shape index (κ1) is 25.6. The summed E-state index contributed by atoms with van der Waals surface area (Å²) in [5.41, 5.74) is 1.74. The Morgan fingerprint density at radius 3 is 2.38 bits per heavy atom. The van der Waals surface area contributed by atoms with Crippen LogP contribution in [-0.4, -0.2) is 51.1 Å². The summed E-state index contributed by atoms with van der Waals surface area (Å²) < 4.78 is 50.8. The molecule has 7 nitrogen and oxygen atoms in total. The third kappa shape index (κ3) is 5.56. The lowest BCUT2D eigenvalue weighted by Gasteiger charge is -2.32. The van der Waals surface area contributed by atoms with E-state index in [1.165, 1.54) is 0 Å². The Labute approximate surface area is 201 Å². The number of benzene rings is 2. The molecule has 1 amide bonds. The van der Waals surface area contributed by atoms with E-state index in [1.807, 2.05) is 17.0 Å². The number of guanidine groups is 1. The van der Waals surface area contributed by atoms with Crippen molar-refractivity contribution in [3.63, 3.8) is 0 Å². The maximum Gasteiger partial charge on any atom is 0.243 e. The van der Waals surface area contributed by atoms with Crippen LogP contribution in [0.4, 0.5) is 18.9 Å². The maximum absolute atomic E-state index is 13.7. The first-order valence-electron chi connectivity index (χ1n) is 9.50. The van der Waals surface area contributed by atoms with E-state index in [0.717, 1.165) is 29.7 Å². The number of rotatable bonds is 5. The Hall–Kier alpha value is -2.70. The topological polar surface area (TPSA) is 75.2 Å². The van der Waals surface area contributed by atoms with Crippen LogP contribution >= 0.6 is 24.0 Å². The average Bonchev–Trinajstić information content (AvgIpc) is 2.78. The summed E-state index contributed by atoms with van der Waals surface area (Å²) >= 11 is 0. The van der Waals surface area contributed by atoms with Crippen LogP contribution in [0.3, 0.4) is 0 Å². The van der Waals surface area contributed by atoms with Crippen molar-refractivity contribution in [2.24, 2.45) is 4.99 Å². The second kappa shape index (κ2) is 11.2. The zero-order valence-electron chi connectivity index (χ0n) is 17.8. The first-order chi connectivity index (χ1) is 14.9. The number of nitrogens with zero attached hydrogens (tertiary/aromatic N) is 2. The molecule has 1 heterocycles. The SMILES string of the molecule is CN=C(NCC(=O)Nc1ccc(F)c(F)c1F)N1CCc2cc(OC)c(OC)cc2C1.I. The third-order valence-electron chi connectivity index (χ3n) is 4.95. The van der Waals surface area contributed by atoms with Crippen molar-refractivity contribution in [1.29, 1.82) is 0 Å². The molecule has 1 aliphatic heterocycles. The number of anilines is 1. The molecule has 0 spiro atoms. The highest BCUT2D eigenvalue weighted by molar-refractivity contribution is 14.0. The molecule has 1 aliphatic rings. The second-order valence-electron chi connectivity index (χ2n) is 6.82. The summed E-state index contributed by atoms with van der Waals surface area (Å²) in [5.74, 6) is -3.28. The van der Waals surface area contributed by atoms with Crippen molar-refractivity contribution in [1.82, 2.24) is 10.2 Å². The van der Waals surface area contributed by atoms with Crippen LogP contribution < -0.4 is 20.1 Å². The Kier molecular flexibility index (Phi) is 8.99. The van der Waals surface area contributed by atoms with Gasteiger partial charge < -0.3 is 25.0 Å². The summed E-state index contributed by atoms with van der Waals surface area (Å²) in [6.45, 7) is 0.955. The van der Waals surface area contributed by atoms with Gasteiger partial charge in [0.1, 0.15) is 0 Å². The molecule has 32 heavy (non-hydrogen) atoms. The zero-order chi connectivity index (χ0) is 22.5. The van der Waals surface area contributed by atoms with E-state index in [9.17, 15) is 18.0 Å². The van der Waals surface area contributed by atoms with Crippen LogP contribution in [0.5, 0.6) is 11.5 Å². The number of ether oxygens (including phenoxy) is 2. The summed E-state index contributed by atoms with van der Waals surface area (Å²) in [4.78, 5) is 18.3. The molecule has 3 rings (SSSR count). The van der Waals surface area contributed by atoms with Gasteiger partial charge in [0.15, 0.2) is 34.9 Å². The highest BCUT2D eigenvalue weighted by atomic mass is 127. The van der Waals surface area contributed by atoms with Gasteiger partial charge in [-0.15, -0.1) is 24.0 Å². The van der Waals surface area contributed by atoms with Crippen LogP contribution in [0, 0.1) is 17.5 Å². The fourth-order valence-corrected chi connectivity index (χ4v) is 3.37. The minimum absolute atomic E-state index is 0. The van der Waals surface area contributed by atoms with Gasteiger partial charge in [0.05, 0.1) is 26.5 Å². The Morgan fingerprint density at radius 1 is 1.09 bits per heavy atom. The number of nitrogens with one attached hydrogen (secondary N) is 2. The van der Waals surface area contributed by atoms with E-state index in [4.69, 9.17) is 9.47 Å². The number of amides is 1. The molecule has 0 saturated carbocycles. The Balaban J connectivity index is 0.00000363. The van der Waals surface area contributed by atoms with Gasteiger partial charge >= 0.3 is 0 Å². The molecule has 11 heteroatoms. The fourth-order valence-electron chi connectivity index (χ4n) is 3.37. The molecular formula is C21H24F3IN4O3. The van der Waals surface area contributed by atoms with E-state index in [0.29, 0.717) is 30.5 Å². The molecule has 174 valence electrons. The molecule has 0 aliphatic carbocycles. The number of methoxy groups -OCH3 is 2. The molecule has 0 fully saturated rings. The molecule has 0 bridgehead atoms. The van der Waals surface area contributed by atoms with Gasteiger partial charge in [-0.2, -0.15) is 0 Å². The highest BCUT2D eigenvalue weighted by Gasteiger charge is 2.22. The van der Waals surface area contributed by atoms with Crippen LogP contribution in [-0.2, 0) is 17.8 Å². The smallest absolute Gasteiger partial charge is 0.243 e. The maximum atomic E-state index is 13.7. The molecule has 2 aromatic rings. The van der Waals surface area contributed by atoms with E-state index >= 15 is 0 Å². The van der Waals surface area contributed by atoms with Crippen molar-refractivity contribution in [2.75, 3.05) is 39.7 Å². The van der Waals surface area contributed by atoms with Gasteiger partial charge in [-0.1, -0.05) is 0 Å². The molecular weight excluding hydrogens is 540 g/mol. The zero-order valence-corrected chi connectivity index (χ0v) is 20.1. The standard InChI is InChI=1S/C21H23F3N4O3.HI/c1-25-21(26-10-18(29)27-15-5-4-14(22)19(23)20(15)24)28-7-6-12-8-16(30-2)17(31-3)9-13(12)11-28;/h4-5,8-9H,6-7,10-11H2,1-3H3,(H,25,26)(H,27,29);1H. The van der Waals surface area contributed by atoms with Crippen LogP contribution in [0.15, 0.2) is 29.3 Å². The quantitative estimate of drug-likeness (QED) is 0.253. The summed E-state index contributed by atoms with van der Waals surface area (Å²) in [6.07, 6.45) is 0.739. The van der Waals surface area contributed by atoms with Gasteiger partial charge in [-0.3, -0.25) is 9.79 Å². The number of carbonyl (C=O) groups is 1. The lowest BCUT2D eigenvalue weighted by molar-refractivity contribution is -0.115. The number of halogens is 4. The van der Waals surface area contributed by atoms with E-state index in [-0.39, 0.29) is 30.5 Å². The van der Waals surface area contributed by atoms with Crippen molar-refractivity contribution >= 4 is 41.5 Å². The molecule has 0 aromatic heterocycles. The minimum Gasteiger partial charge on any atom is -0.493 e. The van der Waals surface area contributed by atoms with Crippen LogP contribution in [0.1, 0.15) is 11.1 Å². The van der Waals surface area contributed by atoms with Gasteiger partial charge in [-0.25, -0.2) is 13.2 Å². The van der Waals surface area contributed by atoms with E-state index in [1.54, 1.807) is 21.3 Å². The average molecular weight is 564 g/mol. The molecule has 2 N–H and O–H groups in total. The van der Waals surface area contributed by atoms with Crippen molar-refractivity contribution < 1.29 is 27.4 Å². The van der Waals surface area contributed by atoms with Crippen LogP contribution in [0.25, 0.3) is 0 Å². The third-order valence-corrected chi connectivity index (χ3v) is 4.95. The van der Waals surface area contributed by atoms with Gasteiger partial charge in [0.25, 0.3) is 0 Å². The number of hydrogen-bond donors (Lipinski definition) is 2.